The summed E-state index contributed by atoms with van der Waals surface area (Å²) in [6, 6.07) is 6.60. The van der Waals surface area contributed by atoms with Gasteiger partial charge in [-0.25, -0.2) is 4.39 Å². The van der Waals surface area contributed by atoms with Crippen molar-refractivity contribution in [3.05, 3.63) is 35.6 Å². The number of benzene rings is 1. The SMILES string of the molecule is CSOCc1ccccc1F. The smallest absolute Gasteiger partial charge is 0.128 e. The van der Waals surface area contributed by atoms with Crippen molar-refractivity contribution in [1.82, 2.24) is 0 Å². The van der Waals surface area contributed by atoms with E-state index < -0.39 is 0 Å². The second kappa shape index (κ2) is 4.36. The van der Waals surface area contributed by atoms with Crippen molar-refractivity contribution >= 4 is 12.0 Å². The lowest BCUT2D eigenvalue weighted by Crippen LogP contribution is -1.89. The summed E-state index contributed by atoms with van der Waals surface area (Å²) in [6.07, 6.45) is 1.81. The van der Waals surface area contributed by atoms with Crippen LogP contribution in [0.4, 0.5) is 4.39 Å². The molecule has 0 atom stereocenters. The molecule has 11 heavy (non-hydrogen) atoms. The van der Waals surface area contributed by atoms with Crippen molar-refractivity contribution in [3.63, 3.8) is 0 Å². The molecule has 0 N–H and O–H groups in total. The van der Waals surface area contributed by atoms with Gasteiger partial charge in [0.25, 0.3) is 0 Å². The first-order valence-corrected chi connectivity index (χ1v) is 4.38. The van der Waals surface area contributed by atoms with Gasteiger partial charge in [-0.05, 0) is 18.1 Å². The number of hydrogen-bond acceptors (Lipinski definition) is 2. The van der Waals surface area contributed by atoms with Crippen molar-refractivity contribution in [2.75, 3.05) is 6.26 Å². The van der Waals surface area contributed by atoms with Crippen LogP contribution in [0.3, 0.4) is 0 Å². The zero-order valence-electron chi connectivity index (χ0n) is 6.21. The average molecular weight is 172 g/mol. The largest absolute Gasteiger partial charge is 0.311 e. The normalized spacial score (nSPS) is 10.0. The predicted octanol–water partition coefficient (Wildman–Crippen LogP) is 2.62. The fraction of sp³-hybridized carbons (Fsp3) is 0.250. The fourth-order valence-corrected chi connectivity index (χ4v) is 0.983. The Labute approximate surface area is 69.8 Å². The minimum atomic E-state index is -0.207. The highest BCUT2D eigenvalue weighted by atomic mass is 32.2. The third kappa shape index (κ3) is 2.52. The molecule has 60 valence electrons. The van der Waals surface area contributed by atoms with Crippen molar-refractivity contribution < 1.29 is 8.57 Å². The summed E-state index contributed by atoms with van der Waals surface area (Å²) >= 11 is 1.24. The molecule has 1 rings (SSSR count). The summed E-state index contributed by atoms with van der Waals surface area (Å²) in [5, 5.41) is 0. The van der Waals surface area contributed by atoms with Crippen LogP contribution in [-0.4, -0.2) is 6.26 Å². The Morgan fingerprint density at radius 1 is 1.45 bits per heavy atom. The van der Waals surface area contributed by atoms with Gasteiger partial charge in [-0.15, -0.1) is 0 Å². The minimum absolute atomic E-state index is 0.207. The van der Waals surface area contributed by atoms with E-state index in [-0.39, 0.29) is 5.82 Å². The van der Waals surface area contributed by atoms with Crippen LogP contribution < -0.4 is 0 Å². The zero-order chi connectivity index (χ0) is 8.10. The van der Waals surface area contributed by atoms with Crippen molar-refractivity contribution in [2.24, 2.45) is 0 Å². The molecule has 3 heteroatoms. The molecule has 0 spiro atoms. The molecule has 0 unspecified atom stereocenters. The maximum Gasteiger partial charge on any atom is 0.128 e. The number of hydrogen-bond donors (Lipinski definition) is 0. The van der Waals surface area contributed by atoms with Gasteiger partial charge in [-0.3, -0.25) is 0 Å². The second-order valence-electron chi connectivity index (χ2n) is 2.02. The van der Waals surface area contributed by atoms with Gasteiger partial charge in [-0.1, -0.05) is 18.2 Å². The highest BCUT2D eigenvalue weighted by molar-refractivity contribution is 7.93. The highest BCUT2D eigenvalue weighted by Gasteiger charge is 1.98. The first-order chi connectivity index (χ1) is 5.34. The Morgan fingerprint density at radius 2 is 2.18 bits per heavy atom. The van der Waals surface area contributed by atoms with Gasteiger partial charge in [0.2, 0.25) is 0 Å². The van der Waals surface area contributed by atoms with Crippen LogP contribution in [0, 0.1) is 5.82 Å². The number of rotatable bonds is 3. The molecule has 0 bridgehead atoms. The highest BCUT2D eigenvalue weighted by Crippen LogP contribution is 2.10. The molecule has 0 saturated carbocycles. The first kappa shape index (κ1) is 8.56. The summed E-state index contributed by atoms with van der Waals surface area (Å²) in [4.78, 5) is 0. The average Bonchev–Trinajstić information content (AvgIpc) is 2.03. The van der Waals surface area contributed by atoms with Gasteiger partial charge in [0, 0.05) is 11.8 Å². The van der Waals surface area contributed by atoms with Crippen LogP contribution in [-0.2, 0) is 10.8 Å². The van der Waals surface area contributed by atoms with Crippen LogP contribution in [0.2, 0.25) is 0 Å². The third-order valence-corrected chi connectivity index (χ3v) is 1.64. The van der Waals surface area contributed by atoms with E-state index in [1.807, 2.05) is 0 Å². The van der Waals surface area contributed by atoms with E-state index in [2.05, 4.69) is 0 Å². The topological polar surface area (TPSA) is 9.23 Å². The quantitative estimate of drug-likeness (QED) is 0.648. The Hall–Kier alpha value is -0.540. The van der Waals surface area contributed by atoms with Gasteiger partial charge in [-0.2, -0.15) is 0 Å². The summed E-state index contributed by atoms with van der Waals surface area (Å²) < 4.78 is 17.8. The Balaban J connectivity index is 2.62. The molecule has 0 aliphatic rings. The van der Waals surface area contributed by atoms with Crippen molar-refractivity contribution in [2.45, 2.75) is 6.61 Å². The molecule has 0 aromatic heterocycles. The van der Waals surface area contributed by atoms with Gasteiger partial charge in [0.15, 0.2) is 0 Å². The lowest BCUT2D eigenvalue weighted by Gasteiger charge is -2.00. The molecule has 0 heterocycles. The monoisotopic (exact) mass is 172 g/mol. The maximum atomic E-state index is 12.8. The van der Waals surface area contributed by atoms with Gasteiger partial charge < -0.3 is 4.18 Å². The molecule has 0 amide bonds. The van der Waals surface area contributed by atoms with E-state index in [1.165, 1.54) is 18.1 Å². The van der Waals surface area contributed by atoms with Crippen molar-refractivity contribution in [1.29, 1.82) is 0 Å². The molecule has 1 aromatic rings. The van der Waals surface area contributed by atoms with Crippen LogP contribution >= 0.6 is 12.0 Å². The van der Waals surface area contributed by atoms with Crippen LogP contribution in [0.25, 0.3) is 0 Å². The fourth-order valence-electron chi connectivity index (χ4n) is 0.738. The molecule has 1 nitrogen and oxygen atoms in total. The Bertz CT molecular complexity index is 227. The van der Waals surface area contributed by atoms with Crippen LogP contribution in [0.15, 0.2) is 24.3 Å². The summed E-state index contributed by atoms with van der Waals surface area (Å²) in [7, 11) is 0. The third-order valence-electron chi connectivity index (χ3n) is 1.29. The molecule has 0 aliphatic carbocycles. The lowest BCUT2D eigenvalue weighted by atomic mass is 10.2. The maximum absolute atomic E-state index is 12.8. The minimum Gasteiger partial charge on any atom is -0.311 e. The molecule has 1 aromatic carbocycles. The lowest BCUT2D eigenvalue weighted by molar-refractivity contribution is 0.356. The van der Waals surface area contributed by atoms with E-state index >= 15 is 0 Å². The summed E-state index contributed by atoms with van der Waals surface area (Å²) in [5.74, 6) is -0.207. The van der Waals surface area contributed by atoms with E-state index in [0.29, 0.717) is 12.2 Å². The van der Waals surface area contributed by atoms with Gasteiger partial charge in [0.05, 0.1) is 6.61 Å². The molecule has 0 fully saturated rings. The van der Waals surface area contributed by atoms with Crippen LogP contribution in [0.5, 0.6) is 0 Å². The molecule has 0 radical (unpaired) electrons. The Morgan fingerprint density at radius 3 is 2.82 bits per heavy atom. The molecular weight excluding hydrogens is 163 g/mol. The number of halogens is 1. The van der Waals surface area contributed by atoms with E-state index in [9.17, 15) is 4.39 Å². The molecule has 0 aliphatic heterocycles. The van der Waals surface area contributed by atoms with Crippen molar-refractivity contribution in [3.8, 4) is 0 Å². The van der Waals surface area contributed by atoms with Gasteiger partial charge in [0.1, 0.15) is 5.82 Å². The first-order valence-electron chi connectivity index (χ1n) is 3.23. The van der Waals surface area contributed by atoms with Gasteiger partial charge >= 0.3 is 0 Å². The second-order valence-corrected chi connectivity index (χ2v) is 2.59. The van der Waals surface area contributed by atoms with E-state index in [0.717, 1.165) is 0 Å². The Kier molecular flexibility index (Phi) is 3.39. The summed E-state index contributed by atoms with van der Waals surface area (Å²) in [6.45, 7) is 0.327. The van der Waals surface area contributed by atoms with E-state index in [4.69, 9.17) is 4.18 Å². The zero-order valence-corrected chi connectivity index (χ0v) is 7.03. The predicted molar refractivity (Wildman–Crippen MR) is 44.7 cm³/mol. The standard InChI is InChI=1S/C8H9FOS/c1-11-10-6-7-4-2-3-5-8(7)9/h2-5H,6H2,1H3. The summed E-state index contributed by atoms with van der Waals surface area (Å²) in [5.41, 5.74) is 0.599. The van der Waals surface area contributed by atoms with Crippen LogP contribution in [0.1, 0.15) is 5.56 Å². The van der Waals surface area contributed by atoms with E-state index in [1.54, 1.807) is 24.5 Å². The molecular formula is C8H9FOS. The molecule has 0 saturated heterocycles.